The molecule has 1 aliphatic rings. The van der Waals surface area contributed by atoms with Crippen LogP contribution >= 0.6 is 0 Å². The molecule has 0 aliphatic carbocycles. The molecule has 130 valence electrons. The largest absolute Gasteiger partial charge is 0.341 e. The lowest BCUT2D eigenvalue weighted by Crippen LogP contribution is -2.51. The quantitative estimate of drug-likeness (QED) is 0.431. The minimum atomic E-state index is -0.512. The second-order valence-corrected chi connectivity index (χ2v) is 5.86. The number of piperidine rings is 1. The van der Waals surface area contributed by atoms with Gasteiger partial charge in [0.1, 0.15) is 6.29 Å². The van der Waals surface area contributed by atoms with Crippen molar-refractivity contribution >= 4 is 24.0 Å². The Morgan fingerprint density at radius 3 is 2.88 bits per heavy atom. The monoisotopic (exact) mass is 341 g/mol. The number of terminal acetylenes is 1. The molecule has 1 atom stereocenters. The molecule has 0 spiro atoms. The molecule has 2 N–H and O–H groups in total. The van der Waals surface area contributed by atoms with Crippen molar-refractivity contribution in [2.75, 3.05) is 7.05 Å². The van der Waals surface area contributed by atoms with Crippen molar-refractivity contribution < 1.29 is 19.2 Å². The van der Waals surface area contributed by atoms with Crippen LogP contribution in [-0.4, -0.2) is 42.0 Å². The van der Waals surface area contributed by atoms with Gasteiger partial charge >= 0.3 is 0 Å². The van der Waals surface area contributed by atoms with E-state index in [-0.39, 0.29) is 18.4 Å². The molecule has 1 unspecified atom stereocenters. The van der Waals surface area contributed by atoms with E-state index < -0.39 is 11.9 Å². The number of carbonyl (C=O) groups is 4. The van der Waals surface area contributed by atoms with Gasteiger partial charge in [-0.1, -0.05) is 18.2 Å². The van der Waals surface area contributed by atoms with E-state index in [1.54, 1.807) is 30.1 Å². The van der Waals surface area contributed by atoms with Gasteiger partial charge in [-0.2, -0.15) is 0 Å². The maximum absolute atomic E-state index is 12.0. The summed E-state index contributed by atoms with van der Waals surface area (Å²) in [7, 11) is 1.77. The van der Waals surface area contributed by atoms with E-state index in [0.29, 0.717) is 24.9 Å². The van der Waals surface area contributed by atoms with Gasteiger partial charge in [-0.15, -0.1) is 6.42 Å². The molecule has 25 heavy (non-hydrogen) atoms. The van der Waals surface area contributed by atoms with Gasteiger partial charge in [0.25, 0.3) is 5.91 Å². The van der Waals surface area contributed by atoms with E-state index in [0.717, 1.165) is 17.4 Å². The van der Waals surface area contributed by atoms with Crippen LogP contribution in [-0.2, 0) is 27.5 Å². The standard InChI is InChI=1S/C18H19N3O4/c1-3-16(23)19-9-12-4-5-13(11-22)14(8-12)10-21(2)15-6-7-17(24)20-18(15)25/h1,4-5,8,11,15H,6-7,9-10H2,2H3,(H,19,23)(H,20,24,25). The lowest BCUT2D eigenvalue weighted by atomic mass is 10.0. The van der Waals surface area contributed by atoms with Gasteiger partial charge in [-0.25, -0.2) is 0 Å². The summed E-state index contributed by atoms with van der Waals surface area (Å²) < 4.78 is 0. The Hall–Kier alpha value is -2.98. The van der Waals surface area contributed by atoms with Crippen LogP contribution in [0.2, 0.25) is 0 Å². The van der Waals surface area contributed by atoms with Crippen LogP contribution in [0.4, 0.5) is 0 Å². The number of carbonyl (C=O) groups excluding carboxylic acids is 4. The van der Waals surface area contributed by atoms with Crippen LogP contribution in [0.15, 0.2) is 18.2 Å². The van der Waals surface area contributed by atoms with Crippen LogP contribution in [0.5, 0.6) is 0 Å². The fraction of sp³-hybridized carbons (Fsp3) is 0.333. The first-order chi connectivity index (χ1) is 11.9. The molecule has 1 fully saturated rings. The Morgan fingerprint density at radius 2 is 2.24 bits per heavy atom. The lowest BCUT2D eigenvalue weighted by Gasteiger charge is -2.30. The number of imide groups is 1. The van der Waals surface area contributed by atoms with E-state index in [2.05, 4.69) is 10.6 Å². The predicted octanol–water partition coefficient (Wildman–Crippen LogP) is -0.0145. The number of likely N-dealkylation sites (N-methyl/N-ethyl adjacent to an activating group) is 1. The molecule has 2 rings (SSSR count). The van der Waals surface area contributed by atoms with Crippen molar-refractivity contribution in [3.8, 4) is 12.3 Å². The number of hydrogen-bond acceptors (Lipinski definition) is 5. The van der Waals surface area contributed by atoms with Gasteiger partial charge in [-0.3, -0.25) is 29.4 Å². The summed E-state index contributed by atoms with van der Waals surface area (Å²) in [6.07, 6.45) is 6.48. The van der Waals surface area contributed by atoms with Crippen LogP contribution in [0, 0.1) is 12.3 Å². The number of amides is 3. The number of hydrogen-bond donors (Lipinski definition) is 2. The molecule has 0 saturated carbocycles. The van der Waals surface area contributed by atoms with Gasteiger partial charge in [0.2, 0.25) is 11.8 Å². The van der Waals surface area contributed by atoms with Gasteiger partial charge in [0.15, 0.2) is 0 Å². The Labute approximate surface area is 145 Å². The van der Waals surface area contributed by atoms with Crippen molar-refractivity contribution in [2.24, 2.45) is 0 Å². The van der Waals surface area contributed by atoms with Crippen LogP contribution < -0.4 is 10.6 Å². The van der Waals surface area contributed by atoms with Crippen LogP contribution in [0.1, 0.15) is 34.3 Å². The molecule has 1 aromatic rings. The highest BCUT2D eigenvalue weighted by Crippen LogP contribution is 2.17. The van der Waals surface area contributed by atoms with Gasteiger partial charge < -0.3 is 5.32 Å². The zero-order valence-corrected chi connectivity index (χ0v) is 13.9. The fourth-order valence-corrected chi connectivity index (χ4v) is 2.74. The van der Waals surface area contributed by atoms with E-state index in [9.17, 15) is 19.2 Å². The first-order valence-corrected chi connectivity index (χ1v) is 7.80. The first-order valence-electron chi connectivity index (χ1n) is 7.80. The van der Waals surface area contributed by atoms with Crippen molar-refractivity contribution in [1.29, 1.82) is 0 Å². The van der Waals surface area contributed by atoms with Gasteiger partial charge in [-0.05, 0) is 30.5 Å². The molecule has 7 heteroatoms. The second kappa shape index (κ2) is 8.22. The van der Waals surface area contributed by atoms with Crippen molar-refractivity contribution in [3.63, 3.8) is 0 Å². The highest BCUT2D eigenvalue weighted by molar-refractivity contribution is 6.00. The van der Waals surface area contributed by atoms with Crippen molar-refractivity contribution in [2.45, 2.75) is 32.0 Å². The Kier molecular flexibility index (Phi) is 6.03. The molecule has 7 nitrogen and oxygen atoms in total. The molecule has 1 saturated heterocycles. The smallest absolute Gasteiger partial charge is 0.295 e. The highest BCUT2D eigenvalue weighted by Gasteiger charge is 2.29. The fourth-order valence-electron chi connectivity index (χ4n) is 2.74. The molecule has 1 aromatic carbocycles. The SMILES string of the molecule is C#CC(=O)NCc1ccc(C=O)c(CN(C)C2CCC(=O)NC2=O)c1. The average molecular weight is 341 g/mol. The highest BCUT2D eigenvalue weighted by atomic mass is 16.2. The normalized spacial score (nSPS) is 16.9. The van der Waals surface area contributed by atoms with Crippen LogP contribution in [0.25, 0.3) is 0 Å². The predicted molar refractivity (Wildman–Crippen MR) is 90.1 cm³/mol. The summed E-state index contributed by atoms with van der Waals surface area (Å²) in [5.41, 5.74) is 2.03. The van der Waals surface area contributed by atoms with E-state index in [1.807, 2.05) is 5.92 Å². The zero-order valence-electron chi connectivity index (χ0n) is 13.9. The first kappa shape index (κ1) is 18.4. The summed E-state index contributed by atoms with van der Waals surface area (Å²) in [5, 5.41) is 4.88. The molecular formula is C18H19N3O4. The number of aldehydes is 1. The third kappa shape index (κ3) is 4.75. The lowest BCUT2D eigenvalue weighted by molar-refractivity contribution is -0.137. The summed E-state index contributed by atoms with van der Waals surface area (Å²) in [5.74, 6) is 0.859. The number of benzene rings is 1. The Bertz CT molecular complexity index is 751. The number of rotatable bonds is 6. The molecular weight excluding hydrogens is 322 g/mol. The summed E-state index contributed by atoms with van der Waals surface area (Å²) in [6, 6.07) is 4.76. The Balaban J connectivity index is 2.12. The van der Waals surface area contributed by atoms with E-state index in [1.165, 1.54) is 0 Å². The van der Waals surface area contributed by atoms with Gasteiger partial charge in [0, 0.05) is 25.1 Å². The van der Waals surface area contributed by atoms with E-state index in [4.69, 9.17) is 6.42 Å². The maximum atomic E-state index is 12.0. The van der Waals surface area contributed by atoms with Gasteiger partial charge in [0.05, 0.1) is 6.04 Å². The third-order valence-corrected chi connectivity index (χ3v) is 4.08. The minimum absolute atomic E-state index is 0.247. The number of nitrogens with one attached hydrogen (secondary N) is 2. The topological polar surface area (TPSA) is 95.6 Å². The summed E-state index contributed by atoms with van der Waals surface area (Å²) in [6.45, 7) is 0.606. The molecule has 0 aromatic heterocycles. The molecule has 0 radical (unpaired) electrons. The zero-order chi connectivity index (χ0) is 18.4. The van der Waals surface area contributed by atoms with Crippen LogP contribution in [0.3, 0.4) is 0 Å². The molecule has 0 bridgehead atoms. The number of nitrogens with zero attached hydrogens (tertiary/aromatic N) is 1. The van der Waals surface area contributed by atoms with E-state index >= 15 is 0 Å². The average Bonchev–Trinajstić information content (AvgIpc) is 2.59. The summed E-state index contributed by atoms with van der Waals surface area (Å²) >= 11 is 0. The third-order valence-electron chi connectivity index (χ3n) is 4.08. The maximum Gasteiger partial charge on any atom is 0.295 e. The Morgan fingerprint density at radius 1 is 1.48 bits per heavy atom. The van der Waals surface area contributed by atoms with Crippen molar-refractivity contribution in [3.05, 3.63) is 34.9 Å². The summed E-state index contributed by atoms with van der Waals surface area (Å²) in [4.78, 5) is 47.4. The molecule has 1 aliphatic heterocycles. The second-order valence-electron chi connectivity index (χ2n) is 5.86. The van der Waals surface area contributed by atoms with Crippen molar-refractivity contribution in [1.82, 2.24) is 15.5 Å². The molecule has 1 heterocycles. The minimum Gasteiger partial charge on any atom is -0.341 e. The molecule has 3 amide bonds.